The van der Waals surface area contributed by atoms with E-state index in [-0.39, 0.29) is 11.6 Å². The summed E-state index contributed by atoms with van der Waals surface area (Å²) in [5.74, 6) is -0.319. The van der Waals surface area contributed by atoms with Gasteiger partial charge < -0.3 is 16.0 Å². The molecule has 2 atom stereocenters. The van der Waals surface area contributed by atoms with E-state index in [2.05, 4.69) is 16.0 Å². The maximum absolute atomic E-state index is 13.1. The lowest BCUT2D eigenvalue weighted by molar-refractivity contribution is -0.137. The van der Waals surface area contributed by atoms with Crippen molar-refractivity contribution in [1.82, 2.24) is 10.6 Å². The highest BCUT2D eigenvalue weighted by atomic mass is 19.4. The van der Waals surface area contributed by atoms with Gasteiger partial charge in [0.05, 0.1) is 17.6 Å². The first-order chi connectivity index (χ1) is 17.8. The molecular weight excluding hydrogens is 479 g/mol. The molecule has 4 aromatic rings. The van der Waals surface area contributed by atoms with Gasteiger partial charge >= 0.3 is 12.2 Å². The number of rotatable bonds is 7. The van der Waals surface area contributed by atoms with Crippen LogP contribution in [-0.2, 0) is 6.18 Å². The van der Waals surface area contributed by atoms with Crippen LogP contribution < -0.4 is 16.0 Å². The molecule has 0 aliphatic carbocycles. The van der Waals surface area contributed by atoms with Crippen LogP contribution in [0.25, 0.3) is 0 Å². The summed E-state index contributed by atoms with van der Waals surface area (Å²) in [7, 11) is 0. The average molecular weight is 504 g/mol. The molecule has 0 saturated carbocycles. The Balaban J connectivity index is 1.62. The van der Waals surface area contributed by atoms with Crippen molar-refractivity contribution < 1.29 is 22.8 Å². The molecule has 0 fully saturated rings. The fourth-order valence-electron chi connectivity index (χ4n) is 3.90. The number of urea groups is 1. The topological polar surface area (TPSA) is 70.2 Å². The highest BCUT2D eigenvalue weighted by Crippen LogP contribution is 2.31. The Hall–Kier alpha value is -4.59. The van der Waals surface area contributed by atoms with Crippen LogP contribution in [0, 0.1) is 0 Å². The van der Waals surface area contributed by atoms with Crippen LogP contribution in [0.5, 0.6) is 0 Å². The molecule has 4 rings (SSSR count). The molecule has 3 N–H and O–H groups in total. The van der Waals surface area contributed by atoms with Crippen LogP contribution >= 0.6 is 0 Å². The predicted molar refractivity (Wildman–Crippen MR) is 136 cm³/mol. The zero-order chi connectivity index (χ0) is 26.3. The van der Waals surface area contributed by atoms with E-state index >= 15 is 0 Å². The lowest BCUT2D eigenvalue weighted by Crippen LogP contribution is -2.42. The third kappa shape index (κ3) is 6.76. The van der Waals surface area contributed by atoms with Gasteiger partial charge in [0.1, 0.15) is 0 Å². The highest BCUT2D eigenvalue weighted by molar-refractivity contribution is 5.94. The molecule has 188 valence electrons. The summed E-state index contributed by atoms with van der Waals surface area (Å²) < 4.78 is 38.7. The summed E-state index contributed by atoms with van der Waals surface area (Å²) in [6.45, 7) is 0. The van der Waals surface area contributed by atoms with Crippen LogP contribution in [0.15, 0.2) is 115 Å². The second kappa shape index (κ2) is 11.4. The summed E-state index contributed by atoms with van der Waals surface area (Å²) in [6.07, 6.45) is -4.47. The summed E-state index contributed by atoms with van der Waals surface area (Å²) in [4.78, 5) is 26.1. The number of carbonyl (C=O) groups excluding carboxylic acids is 2. The van der Waals surface area contributed by atoms with Crippen LogP contribution in [0.4, 0.5) is 23.7 Å². The fraction of sp³-hybridized carbons (Fsp3) is 0.103. The van der Waals surface area contributed by atoms with Gasteiger partial charge in [-0.25, -0.2) is 4.79 Å². The number of hydrogen-bond acceptors (Lipinski definition) is 2. The number of benzene rings is 4. The van der Waals surface area contributed by atoms with Gasteiger partial charge in [-0.15, -0.1) is 0 Å². The maximum Gasteiger partial charge on any atom is 0.416 e. The van der Waals surface area contributed by atoms with E-state index in [0.29, 0.717) is 5.56 Å². The van der Waals surface area contributed by atoms with Crippen molar-refractivity contribution in [2.75, 3.05) is 5.32 Å². The second-order valence-electron chi connectivity index (χ2n) is 8.29. The molecule has 0 aliphatic rings. The number of nitrogens with one attached hydrogen (secondary N) is 3. The molecule has 3 amide bonds. The first-order valence-corrected chi connectivity index (χ1v) is 11.5. The number of carbonyl (C=O) groups is 2. The number of amides is 3. The molecule has 8 heteroatoms. The van der Waals surface area contributed by atoms with Crippen molar-refractivity contribution in [3.05, 3.63) is 138 Å². The lowest BCUT2D eigenvalue weighted by Gasteiger charge is -2.30. The van der Waals surface area contributed by atoms with Gasteiger partial charge in [-0.1, -0.05) is 78.9 Å². The largest absolute Gasteiger partial charge is 0.416 e. The van der Waals surface area contributed by atoms with Crippen LogP contribution in [0.1, 0.15) is 39.1 Å². The van der Waals surface area contributed by atoms with Gasteiger partial charge in [0.2, 0.25) is 0 Å². The first kappa shape index (κ1) is 25.5. The number of alkyl halides is 3. The number of anilines is 1. The van der Waals surface area contributed by atoms with Crippen molar-refractivity contribution in [3.63, 3.8) is 0 Å². The Morgan fingerprint density at radius 3 is 1.54 bits per heavy atom. The quantitative estimate of drug-likeness (QED) is 0.261. The van der Waals surface area contributed by atoms with Gasteiger partial charge in [0.15, 0.2) is 0 Å². The van der Waals surface area contributed by atoms with Crippen molar-refractivity contribution in [1.29, 1.82) is 0 Å². The summed E-state index contributed by atoms with van der Waals surface area (Å²) in [5, 5.41) is 8.51. The van der Waals surface area contributed by atoms with Crippen molar-refractivity contribution in [3.8, 4) is 0 Å². The standard InChI is InChI=1S/C29H24F3N3O2/c30-29(31,32)23-16-18-24(19-17-23)33-28(37)35-26(21-12-6-2-7-13-21)25(20-10-4-1-5-11-20)34-27(36)22-14-8-3-9-15-22/h1-19,25-26H,(H,34,36)(H2,33,35,37). The molecule has 0 heterocycles. The van der Waals surface area contributed by atoms with Crippen molar-refractivity contribution >= 4 is 17.6 Å². The molecule has 0 aromatic heterocycles. The van der Waals surface area contributed by atoms with Gasteiger partial charge in [-0.2, -0.15) is 13.2 Å². The van der Waals surface area contributed by atoms with E-state index in [4.69, 9.17) is 0 Å². The summed E-state index contributed by atoms with van der Waals surface area (Å²) >= 11 is 0. The third-order valence-electron chi connectivity index (χ3n) is 5.73. The van der Waals surface area contributed by atoms with Crippen molar-refractivity contribution in [2.45, 2.75) is 18.3 Å². The molecule has 0 spiro atoms. The van der Waals surface area contributed by atoms with Gasteiger partial charge in [0, 0.05) is 11.3 Å². The maximum atomic E-state index is 13.1. The minimum atomic E-state index is -4.47. The summed E-state index contributed by atoms with van der Waals surface area (Å²) in [6, 6.07) is 29.2. The molecule has 0 bridgehead atoms. The third-order valence-corrected chi connectivity index (χ3v) is 5.73. The van der Waals surface area contributed by atoms with Crippen molar-refractivity contribution in [2.24, 2.45) is 0 Å². The Morgan fingerprint density at radius 2 is 1.05 bits per heavy atom. The van der Waals surface area contributed by atoms with E-state index in [0.717, 1.165) is 23.3 Å². The molecule has 4 aromatic carbocycles. The normalized spacial score (nSPS) is 12.7. The van der Waals surface area contributed by atoms with Gasteiger partial charge in [0.25, 0.3) is 5.91 Å². The Bertz CT molecular complexity index is 1310. The molecule has 0 aliphatic heterocycles. The van der Waals surface area contributed by atoms with Gasteiger partial charge in [-0.05, 0) is 47.5 Å². The lowest BCUT2D eigenvalue weighted by atomic mass is 9.93. The fourth-order valence-corrected chi connectivity index (χ4v) is 3.90. The smallest absolute Gasteiger partial charge is 0.343 e. The molecule has 2 unspecified atom stereocenters. The van der Waals surface area contributed by atoms with Crippen LogP contribution in [0.2, 0.25) is 0 Å². The minimum Gasteiger partial charge on any atom is -0.343 e. The van der Waals surface area contributed by atoms with Crippen LogP contribution in [-0.4, -0.2) is 11.9 Å². The van der Waals surface area contributed by atoms with E-state index in [1.165, 1.54) is 12.1 Å². The number of halogens is 3. The highest BCUT2D eigenvalue weighted by Gasteiger charge is 2.31. The molecule has 0 saturated heterocycles. The first-order valence-electron chi connectivity index (χ1n) is 11.5. The average Bonchev–Trinajstić information content (AvgIpc) is 2.92. The Labute approximate surface area is 212 Å². The Morgan fingerprint density at radius 1 is 0.595 bits per heavy atom. The molecule has 0 radical (unpaired) electrons. The van der Waals surface area contributed by atoms with E-state index in [1.54, 1.807) is 24.3 Å². The zero-order valence-electron chi connectivity index (χ0n) is 19.6. The molecule has 5 nitrogen and oxygen atoms in total. The molecule has 37 heavy (non-hydrogen) atoms. The minimum absolute atomic E-state index is 0.196. The zero-order valence-corrected chi connectivity index (χ0v) is 19.6. The monoisotopic (exact) mass is 503 g/mol. The van der Waals surface area contributed by atoms with Gasteiger partial charge in [-0.3, -0.25) is 4.79 Å². The summed E-state index contributed by atoms with van der Waals surface area (Å²) in [5.41, 5.74) is 1.34. The van der Waals surface area contributed by atoms with E-state index < -0.39 is 29.9 Å². The van der Waals surface area contributed by atoms with Crippen LogP contribution in [0.3, 0.4) is 0 Å². The SMILES string of the molecule is O=C(Nc1ccc(C(F)(F)F)cc1)NC(c1ccccc1)C(NC(=O)c1ccccc1)c1ccccc1. The second-order valence-corrected chi connectivity index (χ2v) is 8.29. The van der Waals surface area contributed by atoms with E-state index in [9.17, 15) is 22.8 Å². The number of hydrogen-bond donors (Lipinski definition) is 3. The predicted octanol–water partition coefficient (Wildman–Crippen LogP) is 6.74. The van der Waals surface area contributed by atoms with E-state index in [1.807, 2.05) is 66.7 Å². The molecular formula is C29H24F3N3O2. The Kier molecular flexibility index (Phi) is 7.88.